The van der Waals surface area contributed by atoms with E-state index in [1.807, 2.05) is 11.3 Å². The molecule has 1 aliphatic rings. The van der Waals surface area contributed by atoms with Gasteiger partial charge >= 0.3 is 0 Å². The van der Waals surface area contributed by atoms with E-state index in [4.69, 9.17) is 4.98 Å². The summed E-state index contributed by atoms with van der Waals surface area (Å²) in [6, 6.07) is 0. The maximum atomic E-state index is 4.88. The van der Waals surface area contributed by atoms with Crippen LogP contribution in [-0.4, -0.2) is 11.5 Å². The highest BCUT2D eigenvalue weighted by atomic mass is 32.1. The number of rotatable bonds is 4. The first-order chi connectivity index (χ1) is 7.98. The molecule has 17 heavy (non-hydrogen) atoms. The Labute approximate surface area is 109 Å². The number of aromatic nitrogens is 1. The highest BCUT2D eigenvalue weighted by Gasteiger charge is 2.41. The van der Waals surface area contributed by atoms with E-state index in [0.29, 0.717) is 0 Å². The molecule has 0 saturated heterocycles. The van der Waals surface area contributed by atoms with E-state index in [-0.39, 0.29) is 11.0 Å². The summed E-state index contributed by atoms with van der Waals surface area (Å²) in [4.78, 5) is 4.88. The fraction of sp³-hybridized carbons (Fsp3) is 0.786. The Morgan fingerprint density at radius 2 is 2.12 bits per heavy atom. The van der Waals surface area contributed by atoms with Crippen molar-refractivity contribution in [2.75, 3.05) is 6.54 Å². The van der Waals surface area contributed by atoms with Gasteiger partial charge in [0.05, 0.1) is 11.2 Å². The molecule has 1 heterocycles. The Morgan fingerprint density at radius 1 is 1.41 bits per heavy atom. The molecule has 3 heteroatoms. The first-order valence-electron chi connectivity index (χ1n) is 6.69. The normalized spacial score (nSPS) is 19.1. The van der Waals surface area contributed by atoms with Gasteiger partial charge in [-0.1, -0.05) is 27.7 Å². The van der Waals surface area contributed by atoms with Crippen LogP contribution in [0.2, 0.25) is 0 Å². The maximum Gasteiger partial charge on any atom is 0.113 e. The summed E-state index contributed by atoms with van der Waals surface area (Å²) in [6.45, 7) is 10.0. The molecule has 1 aliphatic carbocycles. The Balaban J connectivity index is 2.17. The average Bonchev–Trinajstić information content (AvgIpc) is 2.65. The van der Waals surface area contributed by atoms with Gasteiger partial charge in [-0.2, -0.15) is 0 Å². The van der Waals surface area contributed by atoms with Gasteiger partial charge in [0.1, 0.15) is 5.01 Å². The third kappa shape index (κ3) is 2.55. The molecule has 0 atom stereocenters. The number of thiazole rings is 1. The Hall–Kier alpha value is -0.410. The molecule has 0 aliphatic heterocycles. The van der Waals surface area contributed by atoms with Crippen molar-refractivity contribution in [2.45, 2.75) is 64.3 Å². The quantitative estimate of drug-likeness (QED) is 0.881. The van der Waals surface area contributed by atoms with Gasteiger partial charge in [-0.05, 0) is 32.2 Å². The van der Waals surface area contributed by atoms with Gasteiger partial charge in [-0.25, -0.2) is 4.98 Å². The number of hydrogen-bond donors (Lipinski definition) is 1. The average molecular weight is 252 g/mol. The predicted molar refractivity (Wildman–Crippen MR) is 74.6 cm³/mol. The van der Waals surface area contributed by atoms with Crippen LogP contribution in [0.4, 0.5) is 0 Å². The van der Waals surface area contributed by atoms with E-state index in [1.54, 1.807) is 0 Å². The van der Waals surface area contributed by atoms with E-state index in [0.717, 1.165) is 6.54 Å². The van der Waals surface area contributed by atoms with Crippen LogP contribution in [0, 0.1) is 0 Å². The van der Waals surface area contributed by atoms with Crippen molar-refractivity contribution in [1.82, 2.24) is 10.3 Å². The fourth-order valence-corrected chi connectivity index (χ4v) is 3.48. The molecule has 2 nitrogen and oxygen atoms in total. The van der Waals surface area contributed by atoms with Crippen LogP contribution in [0.25, 0.3) is 0 Å². The van der Waals surface area contributed by atoms with Gasteiger partial charge in [0.2, 0.25) is 0 Å². The summed E-state index contributed by atoms with van der Waals surface area (Å²) in [5, 5.41) is 7.26. The number of nitrogens with zero attached hydrogens (tertiary/aromatic N) is 1. The van der Waals surface area contributed by atoms with Crippen LogP contribution in [-0.2, 0) is 11.0 Å². The topological polar surface area (TPSA) is 24.9 Å². The Kier molecular flexibility index (Phi) is 3.60. The minimum atomic E-state index is 0.171. The Bertz CT molecular complexity index is 372. The summed E-state index contributed by atoms with van der Waals surface area (Å²) in [5.41, 5.74) is 1.62. The fourth-order valence-electron chi connectivity index (χ4n) is 2.20. The molecule has 1 aromatic heterocycles. The van der Waals surface area contributed by atoms with Crippen molar-refractivity contribution in [1.29, 1.82) is 0 Å². The molecule has 1 N–H and O–H groups in total. The summed E-state index contributed by atoms with van der Waals surface area (Å²) in [7, 11) is 0. The standard InChI is InChI=1S/C14H24N2S/c1-5-9-15-14(7-6-8-14)12-16-11(10-17-12)13(2,3)4/h10,15H,5-9H2,1-4H3. The van der Waals surface area contributed by atoms with Gasteiger partial charge in [-0.15, -0.1) is 11.3 Å². The highest BCUT2D eigenvalue weighted by molar-refractivity contribution is 7.09. The van der Waals surface area contributed by atoms with Crippen LogP contribution >= 0.6 is 11.3 Å². The van der Waals surface area contributed by atoms with E-state index in [9.17, 15) is 0 Å². The third-order valence-electron chi connectivity index (χ3n) is 3.60. The third-order valence-corrected chi connectivity index (χ3v) is 4.65. The zero-order chi connectivity index (χ0) is 12.5. The first-order valence-corrected chi connectivity index (χ1v) is 7.57. The summed E-state index contributed by atoms with van der Waals surface area (Å²) in [5.74, 6) is 0. The second-order valence-corrected chi connectivity index (χ2v) is 7.01. The molecule has 0 aromatic carbocycles. The molecular weight excluding hydrogens is 228 g/mol. The molecule has 0 amide bonds. The molecule has 1 aromatic rings. The summed E-state index contributed by atoms with van der Waals surface area (Å²) < 4.78 is 0. The number of hydrogen-bond acceptors (Lipinski definition) is 3. The molecule has 1 fully saturated rings. The molecular formula is C14H24N2S. The van der Waals surface area contributed by atoms with Crippen molar-refractivity contribution in [3.05, 3.63) is 16.1 Å². The lowest BCUT2D eigenvalue weighted by molar-refractivity contribution is 0.185. The Morgan fingerprint density at radius 3 is 2.53 bits per heavy atom. The van der Waals surface area contributed by atoms with Crippen LogP contribution < -0.4 is 5.32 Å². The molecule has 1 saturated carbocycles. The van der Waals surface area contributed by atoms with E-state index < -0.39 is 0 Å². The second kappa shape index (κ2) is 4.69. The van der Waals surface area contributed by atoms with Gasteiger partial charge in [0, 0.05) is 10.8 Å². The summed E-state index contributed by atoms with van der Waals surface area (Å²) >= 11 is 1.84. The molecule has 0 bridgehead atoms. The summed E-state index contributed by atoms with van der Waals surface area (Å²) in [6.07, 6.45) is 5.04. The van der Waals surface area contributed by atoms with E-state index in [1.165, 1.54) is 36.4 Å². The van der Waals surface area contributed by atoms with Crippen molar-refractivity contribution in [2.24, 2.45) is 0 Å². The lowest BCUT2D eigenvalue weighted by atomic mass is 9.77. The molecule has 0 radical (unpaired) electrons. The van der Waals surface area contributed by atoms with Crippen molar-refractivity contribution in [3.8, 4) is 0 Å². The molecule has 2 rings (SSSR count). The van der Waals surface area contributed by atoms with Gasteiger partial charge in [-0.3, -0.25) is 0 Å². The van der Waals surface area contributed by atoms with Crippen LogP contribution in [0.3, 0.4) is 0 Å². The maximum absolute atomic E-state index is 4.88. The van der Waals surface area contributed by atoms with Gasteiger partial charge < -0.3 is 5.32 Å². The molecule has 96 valence electrons. The van der Waals surface area contributed by atoms with Gasteiger partial charge in [0.25, 0.3) is 0 Å². The largest absolute Gasteiger partial charge is 0.305 e. The minimum Gasteiger partial charge on any atom is -0.305 e. The van der Waals surface area contributed by atoms with Crippen LogP contribution in [0.1, 0.15) is 64.1 Å². The zero-order valence-corrected chi connectivity index (χ0v) is 12.3. The van der Waals surface area contributed by atoms with Crippen LogP contribution in [0.5, 0.6) is 0 Å². The molecule has 0 unspecified atom stereocenters. The lowest BCUT2D eigenvalue weighted by Crippen LogP contribution is -2.48. The van der Waals surface area contributed by atoms with E-state index >= 15 is 0 Å². The first kappa shape index (κ1) is 13.0. The molecule has 0 spiro atoms. The zero-order valence-electron chi connectivity index (χ0n) is 11.5. The monoisotopic (exact) mass is 252 g/mol. The van der Waals surface area contributed by atoms with Gasteiger partial charge in [0.15, 0.2) is 0 Å². The van der Waals surface area contributed by atoms with E-state index in [2.05, 4.69) is 38.4 Å². The minimum absolute atomic E-state index is 0.171. The van der Waals surface area contributed by atoms with Crippen molar-refractivity contribution >= 4 is 11.3 Å². The second-order valence-electron chi connectivity index (χ2n) is 6.15. The number of nitrogens with one attached hydrogen (secondary N) is 1. The smallest absolute Gasteiger partial charge is 0.113 e. The van der Waals surface area contributed by atoms with Crippen LogP contribution in [0.15, 0.2) is 5.38 Å². The highest BCUT2D eigenvalue weighted by Crippen LogP contribution is 2.43. The van der Waals surface area contributed by atoms with Crippen molar-refractivity contribution in [3.63, 3.8) is 0 Å². The van der Waals surface area contributed by atoms with Crippen molar-refractivity contribution < 1.29 is 0 Å². The SMILES string of the molecule is CCCNC1(c2nc(C(C)(C)C)cs2)CCC1. The predicted octanol–water partition coefficient (Wildman–Crippen LogP) is 3.82. The lowest BCUT2D eigenvalue weighted by Gasteiger charge is -2.41.